The fourth-order valence-electron chi connectivity index (χ4n) is 1.72. The molecule has 0 aromatic heterocycles. The molecule has 0 bridgehead atoms. The van der Waals surface area contributed by atoms with Crippen LogP contribution in [0.4, 0.5) is 10.1 Å². The standard InChI is InChI=1S/C13H16ClFN2O3/c14-7-3-1-2-4-8-16-13(18)11-9-10(15)5-6-12(11)17(19)20/h5-6,9H,1-4,7-8H2,(H,16,18). The van der Waals surface area contributed by atoms with E-state index in [0.717, 1.165) is 43.9 Å². The minimum absolute atomic E-state index is 0.254. The van der Waals surface area contributed by atoms with Crippen molar-refractivity contribution in [1.82, 2.24) is 5.32 Å². The number of nitro groups is 1. The molecule has 7 heteroatoms. The van der Waals surface area contributed by atoms with Crippen LogP contribution < -0.4 is 5.32 Å². The molecule has 110 valence electrons. The Labute approximate surface area is 121 Å². The zero-order chi connectivity index (χ0) is 15.0. The number of carbonyl (C=O) groups is 1. The third-order valence-electron chi connectivity index (χ3n) is 2.75. The predicted octanol–water partition coefficient (Wildman–Crippen LogP) is 3.26. The van der Waals surface area contributed by atoms with E-state index in [4.69, 9.17) is 11.6 Å². The van der Waals surface area contributed by atoms with Crippen molar-refractivity contribution in [2.24, 2.45) is 0 Å². The molecule has 0 heterocycles. The average molecular weight is 303 g/mol. The van der Waals surface area contributed by atoms with E-state index < -0.39 is 22.3 Å². The first-order chi connectivity index (χ1) is 9.56. The van der Waals surface area contributed by atoms with Gasteiger partial charge in [0.2, 0.25) is 0 Å². The zero-order valence-electron chi connectivity index (χ0n) is 10.9. The molecule has 0 saturated carbocycles. The molecule has 1 aromatic carbocycles. The highest BCUT2D eigenvalue weighted by Gasteiger charge is 2.20. The number of nitro benzene ring substituents is 1. The van der Waals surface area contributed by atoms with E-state index >= 15 is 0 Å². The van der Waals surface area contributed by atoms with E-state index in [1.807, 2.05) is 0 Å². The Bertz CT molecular complexity index is 483. The Morgan fingerprint density at radius 1 is 1.30 bits per heavy atom. The number of rotatable bonds is 8. The molecular formula is C13H16ClFN2O3. The molecule has 0 aliphatic carbocycles. The fourth-order valence-corrected chi connectivity index (χ4v) is 1.91. The second kappa shape index (κ2) is 8.47. The maximum absolute atomic E-state index is 13.1. The SMILES string of the molecule is O=C(NCCCCCCCl)c1cc(F)ccc1[N+](=O)[O-]. The van der Waals surface area contributed by atoms with Crippen LogP contribution in [0.3, 0.4) is 0 Å². The van der Waals surface area contributed by atoms with Gasteiger partial charge >= 0.3 is 0 Å². The van der Waals surface area contributed by atoms with Gasteiger partial charge in [-0.25, -0.2) is 4.39 Å². The summed E-state index contributed by atoms with van der Waals surface area (Å²) < 4.78 is 13.1. The van der Waals surface area contributed by atoms with Crippen molar-refractivity contribution in [1.29, 1.82) is 0 Å². The van der Waals surface area contributed by atoms with Gasteiger partial charge in [0, 0.05) is 18.5 Å². The van der Waals surface area contributed by atoms with E-state index in [-0.39, 0.29) is 5.56 Å². The van der Waals surface area contributed by atoms with E-state index in [2.05, 4.69) is 5.32 Å². The van der Waals surface area contributed by atoms with Crippen LogP contribution in [0.5, 0.6) is 0 Å². The summed E-state index contributed by atoms with van der Waals surface area (Å²) in [6.07, 6.45) is 3.56. The number of alkyl halides is 1. The normalized spacial score (nSPS) is 10.3. The van der Waals surface area contributed by atoms with Gasteiger partial charge in [0.05, 0.1) is 4.92 Å². The van der Waals surface area contributed by atoms with Gasteiger partial charge in [-0.05, 0) is 25.0 Å². The average Bonchev–Trinajstić information content (AvgIpc) is 2.42. The van der Waals surface area contributed by atoms with Gasteiger partial charge in [-0.1, -0.05) is 12.8 Å². The van der Waals surface area contributed by atoms with Gasteiger partial charge in [-0.15, -0.1) is 11.6 Å². The Balaban J connectivity index is 2.54. The number of nitrogens with zero attached hydrogens (tertiary/aromatic N) is 1. The summed E-state index contributed by atoms with van der Waals surface area (Å²) in [5, 5.41) is 13.3. The lowest BCUT2D eigenvalue weighted by Gasteiger charge is -2.06. The van der Waals surface area contributed by atoms with Crippen LogP contribution >= 0.6 is 11.6 Å². The summed E-state index contributed by atoms with van der Waals surface area (Å²) in [5.41, 5.74) is -0.651. The largest absolute Gasteiger partial charge is 0.352 e. The van der Waals surface area contributed by atoms with Crippen molar-refractivity contribution in [3.8, 4) is 0 Å². The molecule has 20 heavy (non-hydrogen) atoms. The molecule has 1 N–H and O–H groups in total. The van der Waals surface area contributed by atoms with E-state index in [1.54, 1.807) is 0 Å². The maximum Gasteiger partial charge on any atom is 0.282 e. The topological polar surface area (TPSA) is 72.2 Å². The van der Waals surface area contributed by atoms with E-state index in [1.165, 1.54) is 0 Å². The quantitative estimate of drug-likeness (QED) is 0.347. The Morgan fingerprint density at radius 3 is 2.65 bits per heavy atom. The van der Waals surface area contributed by atoms with Crippen molar-refractivity contribution in [3.05, 3.63) is 39.7 Å². The van der Waals surface area contributed by atoms with Crippen molar-refractivity contribution in [2.75, 3.05) is 12.4 Å². The smallest absolute Gasteiger partial charge is 0.282 e. The van der Waals surface area contributed by atoms with E-state index in [0.29, 0.717) is 12.4 Å². The second-order valence-electron chi connectivity index (χ2n) is 4.28. The first-order valence-electron chi connectivity index (χ1n) is 6.34. The maximum atomic E-state index is 13.1. The van der Waals surface area contributed by atoms with Gasteiger partial charge < -0.3 is 5.32 Å². The number of carbonyl (C=O) groups excluding carboxylic acids is 1. The molecule has 0 aliphatic rings. The summed E-state index contributed by atoms with van der Waals surface area (Å²) in [6.45, 7) is 0.398. The molecule has 0 saturated heterocycles. The van der Waals surface area contributed by atoms with Gasteiger partial charge in [-0.3, -0.25) is 14.9 Å². The number of amides is 1. The predicted molar refractivity (Wildman–Crippen MR) is 74.6 cm³/mol. The molecule has 1 rings (SSSR count). The molecule has 1 aromatic rings. The van der Waals surface area contributed by atoms with Crippen molar-refractivity contribution < 1.29 is 14.1 Å². The number of benzene rings is 1. The highest BCUT2D eigenvalue weighted by Crippen LogP contribution is 2.19. The Morgan fingerprint density at radius 2 is 2.00 bits per heavy atom. The molecule has 0 aliphatic heterocycles. The number of hydrogen-bond acceptors (Lipinski definition) is 3. The number of hydrogen-bond donors (Lipinski definition) is 1. The van der Waals surface area contributed by atoms with Crippen LogP contribution in [-0.4, -0.2) is 23.3 Å². The van der Waals surface area contributed by atoms with E-state index in [9.17, 15) is 19.3 Å². The Hall–Kier alpha value is -1.69. The molecule has 0 fully saturated rings. The number of unbranched alkanes of at least 4 members (excludes halogenated alkanes) is 3. The Kier molecular flexibility index (Phi) is 6.93. The van der Waals surface area contributed by atoms with Crippen LogP contribution in [0.2, 0.25) is 0 Å². The molecular weight excluding hydrogens is 287 g/mol. The summed E-state index contributed by atoms with van der Waals surface area (Å²) in [6, 6.07) is 2.83. The second-order valence-corrected chi connectivity index (χ2v) is 4.66. The third-order valence-corrected chi connectivity index (χ3v) is 3.01. The lowest BCUT2D eigenvalue weighted by Crippen LogP contribution is -2.25. The highest BCUT2D eigenvalue weighted by molar-refractivity contribution is 6.17. The monoisotopic (exact) mass is 302 g/mol. The molecule has 1 amide bonds. The summed E-state index contributed by atoms with van der Waals surface area (Å²) in [7, 11) is 0. The first kappa shape index (κ1) is 16.4. The van der Waals surface area contributed by atoms with Gasteiger partial charge in [0.15, 0.2) is 0 Å². The highest BCUT2D eigenvalue weighted by atomic mass is 35.5. The zero-order valence-corrected chi connectivity index (χ0v) is 11.7. The number of halogens is 2. The van der Waals surface area contributed by atoms with Crippen LogP contribution in [-0.2, 0) is 0 Å². The minimum atomic E-state index is -0.700. The molecule has 0 radical (unpaired) electrons. The molecule has 5 nitrogen and oxygen atoms in total. The number of nitrogens with one attached hydrogen (secondary N) is 1. The summed E-state index contributed by atoms with van der Waals surface area (Å²) in [4.78, 5) is 21.9. The van der Waals surface area contributed by atoms with Gasteiger partial charge in [0.25, 0.3) is 11.6 Å². The van der Waals surface area contributed by atoms with Crippen molar-refractivity contribution >= 4 is 23.2 Å². The van der Waals surface area contributed by atoms with Crippen LogP contribution in [0.25, 0.3) is 0 Å². The minimum Gasteiger partial charge on any atom is -0.352 e. The van der Waals surface area contributed by atoms with Crippen LogP contribution in [0, 0.1) is 15.9 Å². The van der Waals surface area contributed by atoms with Gasteiger partial charge in [-0.2, -0.15) is 0 Å². The molecule has 0 unspecified atom stereocenters. The third kappa shape index (κ3) is 5.13. The van der Waals surface area contributed by atoms with Crippen LogP contribution in [0.1, 0.15) is 36.0 Å². The lowest BCUT2D eigenvalue weighted by atomic mass is 10.1. The molecule has 0 atom stereocenters. The summed E-state index contributed by atoms with van der Waals surface area (Å²) >= 11 is 5.54. The molecule has 0 spiro atoms. The van der Waals surface area contributed by atoms with Crippen molar-refractivity contribution in [3.63, 3.8) is 0 Å². The lowest BCUT2D eigenvalue weighted by molar-refractivity contribution is -0.385. The van der Waals surface area contributed by atoms with Gasteiger partial charge in [0.1, 0.15) is 11.4 Å². The first-order valence-corrected chi connectivity index (χ1v) is 6.88. The van der Waals surface area contributed by atoms with Crippen LogP contribution in [0.15, 0.2) is 18.2 Å². The fraction of sp³-hybridized carbons (Fsp3) is 0.462. The summed E-state index contributed by atoms with van der Waals surface area (Å²) in [5.74, 6) is -0.696. The van der Waals surface area contributed by atoms with Crippen molar-refractivity contribution in [2.45, 2.75) is 25.7 Å².